The summed E-state index contributed by atoms with van der Waals surface area (Å²) in [5.74, 6) is 0.136. The van der Waals surface area contributed by atoms with Crippen molar-refractivity contribution in [1.29, 1.82) is 0 Å². The molecule has 0 spiro atoms. The number of ether oxygens (including phenoxy) is 2. The Balaban J connectivity index is 1.84. The first kappa shape index (κ1) is 21.4. The van der Waals surface area contributed by atoms with Crippen molar-refractivity contribution in [2.24, 2.45) is 5.92 Å². The summed E-state index contributed by atoms with van der Waals surface area (Å²) < 4.78 is 10.1. The molecule has 2 aromatic carbocycles. The fraction of sp³-hybridized carbons (Fsp3) is 0.333. The number of aryl methyl sites for hydroxylation is 1. The van der Waals surface area contributed by atoms with Gasteiger partial charge >= 0.3 is 5.97 Å². The van der Waals surface area contributed by atoms with Crippen molar-refractivity contribution < 1.29 is 19.1 Å². The predicted molar refractivity (Wildman–Crippen MR) is 117 cm³/mol. The van der Waals surface area contributed by atoms with Crippen LogP contribution in [0, 0.1) is 5.92 Å². The fourth-order valence-electron chi connectivity index (χ4n) is 3.57. The molecule has 0 unspecified atom stereocenters. The Morgan fingerprint density at radius 3 is 2.37 bits per heavy atom. The van der Waals surface area contributed by atoms with Crippen molar-refractivity contribution in [3.05, 3.63) is 54.1 Å². The number of amides is 1. The minimum atomic E-state index is -0.647. The van der Waals surface area contributed by atoms with Crippen molar-refractivity contribution in [2.75, 3.05) is 14.2 Å². The van der Waals surface area contributed by atoms with E-state index in [9.17, 15) is 9.59 Å². The number of fused-ring (bicyclic) bond motifs is 1. The van der Waals surface area contributed by atoms with Gasteiger partial charge < -0.3 is 19.8 Å². The lowest BCUT2D eigenvalue weighted by molar-refractivity contribution is -0.146. The van der Waals surface area contributed by atoms with Gasteiger partial charge in [0.25, 0.3) is 0 Å². The average molecular weight is 408 g/mol. The third kappa shape index (κ3) is 4.64. The number of hydrogen-bond donors (Lipinski definition) is 2. The largest absolute Gasteiger partial charge is 0.497 e. The number of aromatic amines is 1. The molecule has 0 saturated carbocycles. The molecule has 1 atom stereocenters. The maximum absolute atomic E-state index is 12.6. The van der Waals surface area contributed by atoms with Crippen LogP contribution in [0.3, 0.4) is 0 Å². The Kier molecular flexibility index (Phi) is 6.77. The van der Waals surface area contributed by atoms with Crippen LogP contribution in [0.5, 0.6) is 5.75 Å². The molecule has 0 aliphatic rings. The molecule has 1 heterocycles. The van der Waals surface area contributed by atoms with E-state index in [0.29, 0.717) is 6.42 Å². The zero-order valence-corrected chi connectivity index (χ0v) is 17.8. The van der Waals surface area contributed by atoms with Gasteiger partial charge in [-0.05, 0) is 53.8 Å². The highest BCUT2D eigenvalue weighted by Gasteiger charge is 2.25. The van der Waals surface area contributed by atoms with Crippen LogP contribution in [0.15, 0.2) is 48.5 Å². The van der Waals surface area contributed by atoms with E-state index in [1.807, 2.05) is 56.3 Å². The normalized spacial score (nSPS) is 12.0. The number of carbonyl (C=O) groups excluding carboxylic acids is 2. The summed E-state index contributed by atoms with van der Waals surface area (Å²) in [6.07, 6.45) is 0.814. The van der Waals surface area contributed by atoms with Gasteiger partial charge in [0.1, 0.15) is 11.8 Å². The molecular formula is C24H28N2O4. The Morgan fingerprint density at radius 2 is 1.73 bits per heavy atom. The second-order valence-corrected chi connectivity index (χ2v) is 7.57. The maximum Gasteiger partial charge on any atom is 0.328 e. The molecule has 0 aliphatic carbocycles. The Bertz CT molecular complexity index is 1020. The lowest BCUT2D eigenvalue weighted by Crippen LogP contribution is -2.45. The zero-order chi connectivity index (χ0) is 21.7. The van der Waals surface area contributed by atoms with Gasteiger partial charge in [-0.25, -0.2) is 4.79 Å². The fourth-order valence-corrected chi connectivity index (χ4v) is 3.57. The quantitative estimate of drug-likeness (QED) is 0.550. The van der Waals surface area contributed by atoms with Crippen molar-refractivity contribution in [1.82, 2.24) is 10.3 Å². The number of aromatic nitrogens is 1. The number of benzene rings is 2. The molecule has 30 heavy (non-hydrogen) atoms. The van der Waals surface area contributed by atoms with Gasteiger partial charge in [-0.1, -0.05) is 32.0 Å². The summed E-state index contributed by atoms with van der Waals surface area (Å²) in [6.45, 7) is 3.76. The number of methoxy groups -OCH3 is 2. The van der Waals surface area contributed by atoms with Crippen LogP contribution in [0.25, 0.3) is 22.2 Å². The zero-order valence-electron chi connectivity index (χ0n) is 17.8. The van der Waals surface area contributed by atoms with Crippen LogP contribution in [0.1, 0.15) is 25.8 Å². The van der Waals surface area contributed by atoms with Gasteiger partial charge in [0.15, 0.2) is 0 Å². The van der Waals surface area contributed by atoms with E-state index in [2.05, 4.69) is 16.4 Å². The topological polar surface area (TPSA) is 80.4 Å². The van der Waals surface area contributed by atoms with Crippen LogP contribution < -0.4 is 10.1 Å². The summed E-state index contributed by atoms with van der Waals surface area (Å²) in [5.41, 5.74) is 4.11. The third-order valence-corrected chi connectivity index (χ3v) is 5.23. The summed E-state index contributed by atoms with van der Waals surface area (Å²) in [6, 6.07) is 15.2. The summed E-state index contributed by atoms with van der Waals surface area (Å²) in [5, 5.41) is 3.90. The van der Waals surface area contributed by atoms with Crippen molar-refractivity contribution in [2.45, 2.75) is 32.7 Å². The highest BCUT2D eigenvalue weighted by molar-refractivity contribution is 5.92. The summed E-state index contributed by atoms with van der Waals surface area (Å²) >= 11 is 0. The third-order valence-electron chi connectivity index (χ3n) is 5.23. The van der Waals surface area contributed by atoms with Crippen LogP contribution in [0.4, 0.5) is 0 Å². The molecule has 0 saturated heterocycles. The molecule has 1 amide bonds. The molecule has 6 nitrogen and oxygen atoms in total. The van der Waals surface area contributed by atoms with Crippen molar-refractivity contribution in [3.63, 3.8) is 0 Å². The number of nitrogens with one attached hydrogen (secondary N) is 2. The lowest BCUT2D eigenvalue weighted by Gasteiger charge is -2.19. The van der Waals surface area contributed by atoms with E-state index in [0.717, 1.165) is 33.5 Å². The Labute approximate surface area is 176 Å². The van der Waals surface area contributed by atoms with Crippen molar-refractivity contribution in [3.8, 4) is 17.0 Å². The standard InChI is InChI=1S/C24H28N2O4/c1-15(2)22(24(28)30-4)26-21(27)14-13-19-18-7-5-6-8-20(18)25-23(19)16-9-11-17(29-3)12-10-16/h5-12,15,22,25H,13-14H2,1-4H3,(H,26,27)/t22-/m0/s1. The molecule has 0 radical (unpaired) electrons. The average Bonchev–Trinajstić information content (AvgIpc) is 3.14. The second kappa shape index (κ2) is 9.48. The number of para-hydroxylation sites is 1. The first-order chi connectivity index (χ1) is 14.4. The van der Waals surface area contributed by atoms with E-state index < -0.39 is 12.0 Å². The molecular weight excluding hydrogens is 380 g/mol. The maximum atomic E-state index is 12.6. The van der Waals surface area contributed by atoms with Crippen molar-refractivity contribution >= 4 is 22.8 Å². The molecule has 3 aromatic rings. The van der Waals surface area contributed by atoms with Crippen LogP contribution >= 0.6 is 0 Å². The van der Waals surface area contributed by atoms with E-state index >= 15 is 0 Å². The van der Waals surface area contributed by atoms with Gasteiger partial charge in [0.05, 0.1) is 14.2 Å². The van der Waals surface area contributed by atoms with Gasteiger partial charge in [-0.2, -0.15) is 0 Å². The molecule has 6 heteroatoms. The van der Waals surface area contributed by atoms with Crippen LogP contribution in [-0.4, -0.2) is 37.1 Å². The molecule has 3 rings (SSSR count). The minimum Gasteiger partial charge on any atom is -0.497 e. The van der Waals surface area contributed by atoms with E-state index in [1.165, 1.54) is 7.11 Å². The van der Waals surface area contributed by atoms with Gasteiger partial charge in [-0.3, -0.25) is 4.79 Å². The van der Waals surface area contributed by atoms with E-state index in [1.54, 1.807) is 7.11 Å². The molecule has 158 valence electrons. The molecule has 2 N–H and O–H groups in total. The molecule has 0 aliphatic heterocycles. The number of hydrogen-bond acceptors (Lipinski definition) is 4. The monoisotopic (exact) mass is 408 g/mol. The Morgan fingerprint density at radius 1 is 1.03 bits per heavy atom. The van der Waals surface area contributed by atoms with Gasteiger partial charge in [-0.15, -0.1) is 0 Å². The number of rotatable bonds is 8. The molecule has 1 aromatic heterocycles. The predicted octanol–water partition coefficient (Wildman–Crippen LogP) is 4.09. The molecule has 0 bridgehead atoms. The Hall–Kier alpha value is -3.28. The van der Waals surface area contributed by atoms with Gasteiger partial charge in [0, 0.05) is 23.0 Å². The number of esters is 1. The molecule has 0 fully saturated rings. The van der Waals surface area contributed by atoms with Crippen LogP contribution in [-0.2, 0) is 20.7 Å². The minimum absolute atomic E-state index is 0.0515. The second-order valence-electron chi connectivity index (χ2n) is 7.57. The first-order valence-electron chi connectivity index (χ1n) is 10.1. The highest BCUT2D eigenvalue weighted by atomic mass is 16.5. The lowest BCUT2D eigenvalue weighted by atomic mass is 10.00. The van der Waals surface area contributed by atoms with E-state index in [4.69, 9.17) is 9.47 Å². The summed E-state index contributed by atoms with van der Waals surface area (Å²) in [4.78, 5) is 28.0. The van der Waals surface area contributed by atoms with E-state index in [-0.39, 0.29) is 18.2 Å². The summed E-state index contributed by atoms with van der Waals surface area (Å²) in [7, 11) is 2.97. The number of H-pyrrole nitrogens is 1. The SMILES string of the molecule is COC(=O)[C@@H](NC(=O)CCc1c(-c2ccc(OC)cc2)[nH]c2ccccc12)C(C)C. The smallest absolute Gasteiger partial charge is 0.328 e. The number of carbonyl (C=O) groups is 2. The first-order valence-corrected chi connectivity index (χ1v) is 10.1. The highest BCUT2D eigenvalue weighted by Crippen LogP contribution is 2.32. The van der Waals surface area contributed by atoms with Gasteiger partial charge in [0.2, 0.25) is 5.91 Å². The van der Waals surface area contributed by atoms with Crippen LogP contribution in [0.2, 0.25) is 0 Å².